The standard InChI is InChI=1S/C32H58S2Si2/c1-29(2,3)21-19-23(31(7,8)9)27(35(13,14)15)25(21)33-34-26-22(30(4,5)6)20-24(32(10,11)12)28(26)36(16,17)18/h19-20,27-28H,1-18H3/t27-,28+. The van der Waals surface area contributed by atoms with Crippen LogP contribution in [-0.2, 0) is 0 Å². The molecule has 4 heteroatoms. The zero-order valence-electron chi connectivity index (χ0n) is 27.1. The van der Waals surface area contributed by atoms with E-state index in [0.29, 0.717) is 11.1 Å². The second-order valence-corrected chi connectivity index (χ2v) is 30.4. The molecule has 0 aromatic rings. The summed E-state index contributed by atoms with van der Waals surface area (Å²) in [6.45, 7) is 44.5. The van der Waals surface area contributed by atoms with Gasteiger partial charge in [0.05, 0.1) is 16.1 Å². The van der Waals surface area contributed by atoms with Crippen LogP contribution in [0.4, 0.5) is 0 Å². The van der Waals surface area contributed by atoms with Crippen LogP contribution in [0.3, 0.4) is 0 Å². The van der Waals surface area contributed by atoms with Crippen molar-refractivity contribution in [3.8, 4) is 0 Å². The summed E-state index contributed by atoms with van der Waals surface area (Å²) in [6, 6.07) is 0. The van der Waals surface area contributed by atoms with Crippen molar-refractivity contribution < 1.29 is 0 Å². The van der Waals surface area contributed by atoms with Crippen LogP contribution >= 0.6 is 21.6 Å². The molecule has 0 aliphatic heterocycles. The molecule has 0 amide bonds. The Morgan fingerprint density at radius 1 is 0.472 bits per heavy atom. The van der Waals surface area contributed by atoms with Gasteiger partial charge in [0.1, 0.15) is 0 Å². The molecule has 0 heterocycles. The summed E-state index contributed by atoms with van der Waals surface area (Å²) < 4.78 is 0. The first kappa shape index (κ1) is 32.3. The number of allylic oxidation sites excluding steroid dienone is 8. The fourth-order valence-corrected chi connectivity index (χ4v) is 16.6. The predicted molar refractivity (Wildman–Crippen MR) is 177 cm³/mol. The molecule has 0 unspecified atom stereocenters. The van der Waals surface area contributed by atoms with E-state index in [1.807, 2.05) is 0 Å². The van der Waals surface area contributed by atoms with Crippen LogP contribution in [0, 0.1) is 21.7 Å². The molecule has 0 aromatic heterocycles. The molecule has 2 aliphatic rings. The first-order valence-corrected chi connectivity index (χ1v) is 23.3. The van der Waals surface area contributed by atoms with E-state index in [9.17, 15) is 0 Å². The van der Waals surface area contributed by atoms with E-state index in [1.165, 1.54) is 0 Å². The Morgan fingerprint density at radius 3 is 0.889 bits per heavy atom. The lowest BCUT2D eigenvalue weighted by Gasteiger charge is -2.38. The first-order valence-electron chi connectivity index (χ1n) is 14.0. The third-order valence-electron chi connectivity index (χ3n) is 7.58. The van der Waals surface area contributed by atoms with Crippen molar-refractivity contribution in [3.63, 3.8) is 0 Å². The lowest BCUT2D eigenvalue weighted by molar-refractivity contribution is 0.491. The molecule has 0 aromatic carbocycles. The fourth-order valence-electron chi connectivity index (χ4n) is 5.68. The maximum Gasteiger partial charge on any atom is 0.0576 e. The van der Waals surface area contributed by atoms with Crippen LogP contribution in [0.1, 0.15) is 83.1 Å². The Morgan fingerprint density at radius 2 is 0.722 bits per heavy atom. The summed E-state index contributed by atoms with van der Waals surface area (Å²) in [6.07, 6.45) is 5.24. The zero-order valence-corrected chi connectivity index (χ0v) is 30.8. The third-order valence-corrected chi connectivity index (χ3v) is 15.3. The monoisotopic (exact) mass is 562 g/mol. The Bertz CT molecular complexity index is 898. The highest BCUT2D eigenvalue weighted by Gasteiger charge is 2.47. The van der Waals surface area contributed by atoms with Gasteiger partial charge in [-0.15, -0.1) is 0 Å². The highest BCUT2D eigenvalue weighted by molar-refractivity contribution is 8.79. The van der Waals surface area contributed by atoms with E-state index in [1.54, 1.807) is 32.1 Å². The van der Waals surface area contributed by atoms with Crippen LogP contribution in [-0.4, -0.2) is 16.1 Å². The maximum absolute atomic E-state index is 2.62. The topological polar surface area (TPSA) is 0 Å². The number of hydrogen-bond donors (Lipinski definition) is 0. The Balaban J connectivity index is 2.68. The van der Waals surface area contributed by atoms with E-state index in [4.69, 9.17) is 0 Å². The smallest absolute Gasteiger partial charge is 0.0576 e. The molecule has 0 spiro atoms. The molecule has 206 valence electrons. The highest BCUT2D eigenvalue weighted by atomic mass is 33.1. The molecule has 0 saturated heterocycles. The average Bonchev–Trinajstić information content (AvgIpc) is 3.17. The summed E-state index contributed by atoms with van der Waals surface area (Å²) >= 11 is 0. The molecule has 0 bridgehead atoms. The van der Waals surface area contributed by atoms with E-state index < -0.39 is 16.1 Å². The second kappa shape index (κ2) is 9.93. The minimum Gasteiger partial charge on any atom is -0.0688 e. The van der Waals surface area contributed by atoms with Gasteiger partial charge < -0.3 is 0 Å². The van der Waals surface area contributed by atoms with Crippen LogP contribution in [0.15, 0.2) is 44.3 Å². The van der Waals surface area contributed by atoms with Gasteiger partial charge in [0.25, 0.3) is 0 Å². The fraction of sp³-hybridized carbons (Fsp3) is 0.750. The maximum atomic E-state index is 2.62. The molecule has 0 saturated carbocycles. The Labute approximate surface area is 236 Å². The van der Waals surface area contributed by atoms with E-state index >= 15 is 0 Å². The molecular weight excluding hydrogens is 505 g/mol. The molecule has 0 N–H and O–H groups in total. The van der Waals surface area contributed by atoms with Gasteiger partial charge in [-0.2, -0.15) is 0 Å². The summed E-state index contributed by atoms with van der Waals surface area (Å²) in [5.41, 5.74) is 8.40. The van der Waals surface area contributed by atoms with E-state index in [2.05, 4.69) is 156 Å². The van der Waals surface area contributed by atoms with Crippen LogP contribution in [0.2, 0.25) is 50.4 Å². The zero-order chi connectivity index (χ0) is 28.4. The Kier molecular flexibility index (Phi) is 8.91. The minimum absolute atomic E-state index is 0.151. The van der Waals surface area contributed by atoms with Crippen LogP contribution in [0.5, 0.6) is 0 Å². The molecular formula is C32H58S2Si2. The van der Waals surface area contributed by atoms with Gasteiger partial charge >= 0.3 is 0 Å². The number of rotatable bonds is 5. The molecule has 2 aliphatic carbocycles. The van der Waals surface area contributed by atoms with Crippen molar-refractivity contribution >= 4 is 37.7 Å². The largest absolute Gasteiger partial charge is 0.0688 e. The molecule has 0 nitrogen and oxygen atoms in total. The van der Waals surface area contributed by atoms with Gasteiger partial charge in [-0.25, -0.2) is 0 Å². The van der Waals surface area contributed by atoms with Crippen molar-refractivity contribution in [2.24, 2.45) is 21.7 Å². The quantitative estimate of drug-likeness (QED) is 0.241. The summed E-state index contributed by atoms with van der Waals surface area (Å²) in [4.78, 5) is 3.33. The van der Waals surface area contributed by atoms with Crippen molar-refractivity contribution in [1.82, 2.24) is 0 Å². The average molecular weight is 563 g/mol. The van der Waals surface area contributed by atoms with Crippen LogP contribution in [0.25, 0.3) is 0 Å². The number of hydrogen-bond acceptors (Lipinski definition) is 2. The highest BCUT2D eigenvalue weighted by Crippen LogP contribution is 2.64. The van der Waals surface area contributed by atoms with Gasteiger partial charge in [-0.1, -0.05) is 167 Å². The normalized spacial score (nSPS) is 23.1. The molecule has 36 heavy (non-hydrogen) atoms. The molecule has 0 fully saturated rings. The van der Waals surface area contributed by atoms with Gasteiger partial charge in [0, 0.05) is 20.9 Å². The van der Waals surface area contributed by atoms with Crippen molar-refractivity contribution in [3.05, 3.63) is 44.3 Å². The summed E-state index contributed by atoms with van der Waals surface area (Å²) in [5, 5.41) is 0. The first-order chi connectivity index (χ1) is 15.7. The van der Waals surface area contributed by atoms with Gasteiger partial charge in [0.15, 0.2) is 0 Å². The van der Waals surface area contributed by atoms with Crippen molar-refractivity contribution in [1.29, 1.82) is 0 Å². The predicted octanol–water partition coefficient (Wildman–Crippen LogP) is 12.4. The van der Waals surface area contributed by atoms with Crippen molar-refractivity contribution in [2.45, 2.75) is 133 Å². The lowest BCUT2D eigenvalue weighted by atomic mass is 9.83. The summed E-state index contributed by atoms with van der Waals surface area (Å²) in [5.74, 6) is 0. The lowest BCUT2D eigenvalue weighted by Crippen LogP contribution is -2.33. The molecule has 0 radical (unpaired) electrons. The van der Waals surface area contributed by atoms with Gasteiger partial charge in [0.2, 0.25) is 0 Å². The van der Waals surface area contributed by atoms with E-state index in [0.717, 1.165) is 0 Å². The van der Waals surface area contributed by atoms with Gasteiger partial charge in [-0.05, 0) is 32.8 Å². The van der Waals surface area contributed by atoms with E-state index in [-0.39, 0.29) is 21.7 Å². The SMILES string of the molecule is CC(C)(C)C1=CC(C(C)(C)C)=C(SSC2=C(C(C)(C)C)C=C(C(C)(C)C)[C@@H]2[Si](C)(C)C)[C@@H]1[Si](C)(C)C. The second-order valence-electron chi connectivity index (χ2n) is 17.5. The Hall–Kier alpha value is 0.0938. The van der Waals surface area contributed by atoms with Gasteiger partial charge in [-0.3, -0.25) is 0 Å². The minimum atomic E-state index is -1.49. The van der Waals surface area contributed by atoms with Crippen LogP contribution < -0.4 is 0 Å². The third kappa shape index (κ3) is 6.99. The summed E-state index contributed by atoms with van der Waals surface area (Å²) in [7, 11) is 1.29. The van der Waals surface area contributed by atoms with Crippen molar-refractivity contribution in [2.75, 3.05) is 0 Å². The molecule has 2 atom stereocenters. The molecule has 2 rings (SSSR count).